The van der Waals surface area contributed by atoms with E-state index in [-0.39, 0.29) is 6.61 Å². The molecule has 1 aromatic rings. The molecule has 0 heterocycles. The Balaban J connectivity index is 2.87. The fourth-order valence-electron chi connectivity index (χ4n) is 1.69. The topological polar surface area (TPSA) is 50.7 Å². The van der Waals surface area contributed by atoms with Crippen molar-refractivity contribution in [2.75, 3.05) is 19.8 Å². The van der Waals surface area contributed by atoms with Crippen LogP contribution >= 0.6 is 15.9 Å². The second-order valence-electron chi connectivity index (χ2n) is 4.80. The quantitative estimate of drug-likeness (QED) is 0.675. The molecule has 2 N–H and O–H groups in total. The number of aliphatic hydroxyl groups excluding tert-OH is 1. The van der Waals surface area contributed by atoms with E-state index in [1.54, 1.807) is 0 Å². The van der Waals surface area contributed by atoms with Gasteiger partial charge in [-0.2, -0.15) is 0 Å². The summed E-state index contributed by atoms with van der Waals surface area (Å²) in [6.45, 7) is 8.15. The molecule has 0 aliphatic heterocycles. The van der Waals surface area contributed by atoms with Crippen molar-refractivity contribution in [3.63, 3.8) is 0 Å². The number of nitrogens with one attached hydrogen (secondary N) is 1. The van der Waals surface area contributed by atoms with E-state index in [1.807, 2.05) is 19.1 Å². The van der Waals surface area contributed by atoms with Crippen molar-refractivity contribution in [2.24, 2.45) is 0 Å². The fourth-order valence-corrected chi connectivity index (χ4v) is 2.29. The Morgan fingerprint density at radius 1 is 1.30 bits per heavy atom. The second kappa shape index (κ2) is 9.21. The van der Waals surface area contributed by atoms with E-state index in [0.717, 1.165) is 22.3 Å². The van der Waals surface area contributed by atoms with Crippen molar-refractivity contribution in [1.82, 2.24) is 5.32 Å². The molecule has 0 spiro atoms. The largest absolute Gasteiger partial charge is 0.490 e. The Labute approximate surface area is 129 Å². The van der Waals surface area contributed by atoms with Crippen LogP contribution in [0.1, 0.15) is 32.8 Å². The summed E-state index contributed by atoms with van der Waals surface area (Å²) in [5, 5.41) is 12.2. The minimum atomic E-state index is 0.123. The van der Waals surface area contributed by atoms with Crippen LogP contribution in [0.4, 0.5) is 0 Å². The molecule has 0 unspecified atom stereocenters. The first-order valence-electron chi connectivity index (χ1n) is 7.00. The van der Waals surface area contributed by atoms with Gasteiger partial charge in [-0.1, -0.05) is 13.8 Å². The lowest BCUT2D eigenvalue weighted by Gasteiger charge is -2.16. The maximum absolute atomic E-state index is 8.82. The zero-order valence-electron chi connectivity index (χ0n) is 12.4. The van der Waals surface area contributed by atoms with Gasteiger partial charge in [-0.25, -0.2) is 0 Å². The van der Waals surface area contributed by atoms with Gasteiger partial charge in [0.05, 0.1) is 17.7 Å². The number of hydrogen-bond acceptors (Lipinski definition) is 4. The molecule has 0 saturated heterocycles. The molecular formula is C15H24BrNO3. The van der Waals surface area contributed by atoms with Crippen LogP contribution in [-0.4, -0.2) is 31.0 Å². The summed E-state index contributed by atoms with van der Waals surface area (Å²) in [6, 6.07) is 4.47. The monoisotopic (exact) mass is 345 g/mol. The van der Waals surface area contributed by atoms with Crippen LogP contribution in [0.2, 0.25) is 0 Å². The van der Waals surface area contributed by atoms with Crippen molar-refractivity contribution in [2.45, 2.75) is 39.8 Å². The standard InChI is InChI=1S/C15H24BrNO3/c1-4-19-14-9-12(10-17-11(2)3)8-13(16)15(14)20-7-5-6-18/h8-9,11,17-18H,4-7,10H2,1-3H3. The van der Waals surface area contributed by atoms with Gasteiger partial charge in [-0.15, -0.1) is 0 Å². The molecule has 0 fully saturated rings. The van der Waals surface area contributed by atoms with Gasteiger partial charge in [0.25, 0.3) is 0 Å². The van der Waals surface area contributed by atoms with Crippen molar-refractivity contribution < 1.29 is 14.6 Å². The second-order valence-corrected chi connectivity index (χ2v) is 5.65. The van der Waals surface area contributed by atoms with Crippen molar-refractivity contribution in [3.8, 4) is 11.5 Å². The van der Waals surface area contributed by atoms with Crippen LogP contribution in [0.3, 0.4) is 0 Å². The average molecular weight is 346 g/mol. The number of benzene rings is 1. The van der Waals surface area contributed by atoms with E-state index in [0.29, 0.717) is 31.4 Å². The van der Waals surface area contributed by atoms with Crippen LogP contribution in [0.15, 0.2) is 16.6 Å². The van der Waals surface area contributed by atoms with Crippen LogP contribution in [0.5, 0.6) is 11.5 Å². The summed E-state index contributed by atoms with van der Waals surface area (Å²) in [4.78, 5) is 0. The maximum Gasteiger partial charge on any atom is 0.175 e. The first kappa shape index (κ1) is 17.3. The predicted molar refractivity (Wildman–Crippen MR) is 84.5 cm³/mol. The maximum atomic E-state index is 8.82. The predicted octanol–water partition coefficient (Wildman–Crippen LogP) is 3.11. The number of rotatable bonds is 9. The van der Waals surface area contributed by atoms with E-state index < -0.39 is 0 Å². The SMILES string of the molecule is CCOc1cc(CNC(C)C)cc(Br)c1OCCCO. The van der Waals surface area contributed by atoms with Gasteiger partial charge in [-0.3, -0.25) is 0 Å². The molecule has 0 atom stereocenters. The third-order valence-electron chi connectivity index (χ3n) is 2.63. The normalized spacial score (nSPS) is 10.9. The Hall–Kier alpha value is -0.780. The van der Waals surface area contributed by atoms with Gasteiger partial charge >= 0.3 is 0 Å². The Bertz CT molecular complexity index is 410. The van der Waals surface area contributed by atoms with Crippen LogP contribution in [0.25, 0.3) is 0 Å². The Kier molecular flexibility index (Phi) is 7.95. The van der Waals surface area contributed by atoms with Crippen LogP contribution in [0, 0.1) is 0 Å². The third kappa shape index (κ3) is 5.69. The van der Waals surface area contributed by atoms with E-state index >= 15 is 0 Å². The fraction of sp³-hybridized carbons (Fsp3) is 0.600. The Morgan fingerprint density at radius 3 is 2.65 bits per heavy atom. The first-order chi connectivity index (χ1) is 9.58. The summed E-state index contributed by atoms with van der Waals surface area (Å²) in [7, 11) is 0. The van der Waals surface area contributed by atoms with Crippen molar-refractivity contribution in [3.05, 3.63) is 22.2 Å². The molecule has 4 nitrogen and oxygen atoms in total. The zero-order chi connectivity index (χ0) is 15.0. The zero-order valence-corrected chi connectivity index (χ0v) is 14.0. The molecule has 0 bridgehead atoms. The lowest BCUT2D eigenvalue weighted by Crippen LogP contribution is -2.21. The molecule has 0 radical (unpaired) electrons. The molecule has 0 aromatic heterocycles. The van der Waals surface area contributed by atoms with E-state index in [1.165, 1.54) is 0 Å². The van der Waals surface area contributed by atoms with Gasteiger partial charge in [-0.05, 0) is 40.5 Å². The summed E-state index contributed by atoms with van der Waals surface area (Å²) >= 11 is 3.53. The molecule has 5 heteroatoms. The van der Waals surface area contributed by atoms with Gasteiger partial charge in [0.2, 0.25) is 0 Å². The minimum Gasteiger partial charge on any atom is -0.490 e. The van der Waals surface area contributed by atoms with Crippen molar-refractivity contribution >= 4 is 15.9 Å². The molecule has 0 aliphatic carbocycles. The smallest absolute Gasteiger partial charge is 0.175 e. The highest BCUT2D eigenvalue weighted by Gasteiger charge is 2.12. The van der Waals surface area contributed by atoms with E-state index in [4.69, 9.17) is 14.6 Å². The summed E-state index contributed by atoms with van der Waals surface area (Å²) in [5.74, 6) is 1.44. The number of ether oxygens (including phenoxy) is 2. The van der Waals surface area contributed by atoms with E-state index in [9.17, 15) is 0 Å². The third-order valence-corrected chi connectivity index (χ3v) is 3.22. The lowest BCUT2D eigenvalue weighted by atomic mass is 10.2. The molecule has 0 aliphatic rings. The number of aliphatic hydroxyl groups is 1. The first-order valence-corrected chi connectivity index (χ1v) is 7.80. The van der Waals surface area contributed by atoms with E-state index in [2.05, 4.69) is 35.1 Å². The van der Waals surface area contributed by atoms with Gasteiger partial charge < -0.3 is 19.9 Å². The minimum absolute atomic E-state index is 0.123. The van der Waals surface area contributed by atoms with Crippen LogP contribution < -0.4 is 14.8 Å². The van der Waals surface area contributed by atoms with Gasteiger partial charge in [0.15, 0.2) is 11.5 Å². The van der Waals surface area contributed by atoms with Gasteiger partial charge in [0, 0.05) is 25.6 Å². The van der Waals surface area contributed by atoms with Crippen LogP contribution in [-0.2, 0) is 6.54 Å². The number of halogens is 1. The molecule has 0 amide bonds. The molecule has 0 saturated carbocycles. The van der Waals surface area contributed by atoms with Crippen molar-refractivity contribution in [1.29, 1.82) is 0 Å². The summed E-state index contributed by atoms with van der Waals surface area (Å²) < 4.78 is 12.2. The average Bonchev–Trinajstić information content (AvgIpc) is 2.39. The highest BCUT2D eigenvalue weighted by molar-refractivity contribution is 9.10. The highest BCUT2D eigenvalue weighted by atomic mass is 79.9. The molecule has 1 rings (SSSR count). The molecule has 20 heavy (non-hydrogen) atoms. The molecule has 1 aromatic carbocycles. The molecule has 114 valence electrons. The summed E-state index contributed by atoms with van der Waals surface area (Å²) in [5.41, 5.74) is 1.14. The summed E-state index contributed by atoms with van der Waals surface area (Å²) in [6.07, 6.45) is 0.606. The Morgan fingerprint density at radius 2 is 2.05 bits per heavy atom. The van der Waals surface area contributed by atoms with Gasteiger partial charge in [0.1, 0.15) is 0 Å². The lowest BCUT2D eigenvalue weighted by molar-refractivity contribution is 0.224. The molecular weight excluding hydrogens is 322 g/mol. The highest BCUT2D eigenvalue weighted by Crippen LogP contribution is 2.37. The number of hydrogen-bond donors (Lipinski definition) is 2.